The van der Waals surface area contributed by atoms with Crippen molar-refractivity contribution in [3.63, 3.8) is 0 Å². The summed E-state index contributed by atoms with van der Waals surface area (Å²) in [6.45, 7) is 0. The van der Waals surface area contributed by atoms with Gasteiger partial charge in [0.05, 0.1) is 0 Å². The molecule has 0 spiro atoms. The molecule has 0 aliphatic carbocycles. The summed E-state index contributed by atoms with van der Waals surface area (Å²) in [7, 11) is -1.85. The fourth-order valence-electron chi connectivity index (χ4n) is 0. The number of hydrogen-bond acceptors (Lipinski definition) is 4. The average molecular weight is 114 g/mol. The van der Waals surface area contributed by atoms with Crippen LogP contribution in [0.15, 0.2) is 0 Å². The highest BCUT2D eigenvalue weighted by Crippen LogP contribution is 2.33. The van der Waals surface area contributed by atoms with Crippen molar-refractivity contribution in [1.29, 1.82) is 0 Å². The first-order valence-corrected chi connectivity index (χ1v) is 3.13. The van der Waals surface area contributed by atoms with E-state index in [0.29, 0.717) is 0 Å². The van der Waals surface area contributed by atoms with E-state index in [4.69, 9.17) is 10.2 Å². The third-order valence-corrected chi connectivity index (χ3v) is 0.438. The summed E-state index contributed by atoms with van der Waals surface area (Å²) in [5.74, 6) is 0. The molecule has 0 aliphatic rings. The van der Waals surface area contributed by atoms with Crippen molar-refractivity contribution in [1.82, 2.24) is 0 Å². The minimum absolute atomic E-state index is 1.85. The molecule has 0 rings (SSSR count). The molecular weight excluding hydrogens is 111 g/mol. The van der Waals surface area contributed by atoms with Crippen LogP contribution in [0.4, 0.5) is 0 Å². The molecular formula is H3O3PS. The van der Waals surface area contributed by atoms with Crippen LogP contribution in [0.2, 0.25) is 0 Å². The van der Waals surface area contributed by atoms with Crippen LogP contribution in [0.1, 0.15) is 0 Å². The first kappa shape index (κ1) is 5.66. The van der Waals surface area contributed by atoms with Crippen molar-refractivity contribution in [2.24, 2.45) is 0 Å². The van der Waals surface area contributed by atoms with Crippen molar-refractivity contribution < 1.29 is 14.8 Å². The SMILES string of the molecule is OOP(O)S. The lowest BCUT2D eigenvalue weighted by atomic mass is 15.0. The molecule has 0 bridgehead atoms. The van der Waals surface area contributed by atoms with E-state index in [1.807, 2.05) is 0 Å². The van der Waals surface area contributed by atoms with Gasteiger partial charge in [-0.1, -0.05) is 12.2 Å². The van der Waals surface area contributed by atoms with Crippen molar-refractivity contribution in [2.75, 3.05) is 0 Å². The van der Waals surface area contributed by atoms with Crippen molar-refractivity contribution in [3.8, 4) is 0 Å². The Morgan fingerprint density at radius 1 is 1.80 bits per heavy atom. The molecule has 0 fully saturated rings. The Kier molecular flexibility index (Phi) is 3.25. The molecule has 1 atom stereocenters. The highest BCUT2D eigenvalue weighted by Gasteiger charge is 1.87. The molecule has 0 saturated heterocycles. The highest BCUT2D eigenvalue weighted by atomic mass is 32.7. The lowest BCUT2D eigenvalue weighted by molar-refractivity contribution is -0.132. The normalized spacial score (nSPS) is 15.0. The zero-order valence-electron chi connectivity index (χ0n) is 2.20. The van der Waals surface area contributed by atoms with Gasteiger partial charge in [-0.25, -0.2) is 5.26 Å². The molecule has 32 valence electrons. The molecule has 0 heterocycles. The highest BCUT2D eigenvalue weighted by molar-refractivity contribution is 8.41. The van der Waals surface area contributed by atoms with Gasteiger partial charge in [-0.3, -0.25) is 0 Å². The van der Waals surface area contributed by atoms with Crippen molar-refractivity contribution in [2.45, 2.75) is 0 Å². The monoisotopic (exact) mass is 114 g/mol. The fraction of sp³-hybridized carbons (Fsp3) is 0. The van der Waals surface area contributed by atoms with Crippen LogP contribution in [0.5, 0.6) is 0 Å². The summed E-state index contributed by atoms with van der Waals surface area (Å²) >= 11 is 3.25. The molecule has 1 unspecified atom stereocenters. The van der Waals surface area contributed by atoms with Crippen LogP contribution in [-0.2, 0) is 4.67 Å². The van der Waals surface area contributed by atoms with Crippen LogP contribution in [0, 0.1) is 0 Å². The summed E-state index contributed by atoms with van der Waals surface area (Å²) in [5.41, 5.74) is 0. The molecule has 0 radical (unpaired) electrons. The van der Waals surface area contributed by atoms with Gasteiger partial charge in [-0.05, 0) is 0 Å². The maximum Gasteiger partial charge on any atom is 0.266 e. The maximum absolute atomic E-state index is 7.82. The number of rotatable bonds is 1. The second-order valence-electron chi connectivity index (χ2n) is 0.334. The number of thiol groups is 1. The van der Waals surface area contributed by atoms with Crippen LogP contribution in [-0.4, -0.2) is 10.2 Å². The molecule has 2 N–H and O–H groups in total. The summed E-state index contributed by atoms with van der Waals surface area (Å²) < 4.78 is 3.23. The van der Waals surface area contributed by atoms with E-state index in [1.54, 1.807) is 0 Å². The standard InChI is InChI=1S/H3O3PS/c1-3-4(2)5/h1-2,5H. The third-order valence-electron chi connectivity index (χ3n) is 0.0730. The minimum atomic E-state index is -1.85. The Labute approximate surface area is 35.6 Å². The van der Waals surface area contributed by atoms with E-state index in [-0.39, 0.29) is 0 Å². The van der Waals surface area contributed by atoms with Crippen LogP contribution in [0.3, 0.4) is 0 Å². The van der Waals surface area contributed by atoms with E-state index in [2.05, 4.69) is 16.9 Å². The van der Waals surface area contributed by atoms with Gasteiger partial charge >= 0.3 is 0 Å². The first-order valence-electron chi connectivity index (χ1n) is 0.765. The van der Waals surface area contributed by atoms with E-state index in [9.17, 15) is 0 Å². The summed E-state index contributed by atoms with van der Waals surface area (Å²) in [4.78, 5) is 7.82. The van der Waals surface area contributed by atoms with Crippen molar-refractivity contribution >= 4 is 19.8 Å². The molecule has 0 aromatic rings. The third kappa shape index (κ3) is 4.66. The lowest BCUT2D eigenvalue weighted by Crippen LogP contribution is -1.61. The average Bonchev–Trinajstić information content (AvgIpc) is 1.38. The summed E-state index contributed by atoms with van der Waals surface area (Å²) in [6.07, 6.45) is 0. The predicted octanol–water partition coefficient (Wildman–Crippen LogP) is 0.625. The largest absolute Gasteiger partial charge is 0.340 e. The molecule has 0 aromatic carbocycles. The van der Waals surface area contributed by atoms with E-state index in [0.717, 1.165) is 0 Å². The molecule has 0 amide bonds. The summed E-state index contributed by atoms with van der Waals surface area (Å²) in [6, 6.07) is 0. The number of hydrogen-bond donors (Lipinski definition) is 3. The van der Waals surface area contributed by atoms with E-state index in [1.165, 1.54) is 0 Å². The van der Waals surface area contributed by atoms with Gasteiger partial charge in [0.2, 0.25) is 0 Å². The van der Waals surface area contributed by atoms with Gasteiger partial charge in [0.1, 0.15) is 0 Å². The quantitative estimate of drug-likeness (QED) is 0.203. The first-order chi connectivity index (χ1) is 2.27. The second-order valence-corrected chi connectivity index (χ2v) is 2.03. The Bertz CT molecular complexity index is 20.9. The van der Waals surface area contributed by atoms with Crippen molar-refractivity contribution in [3.05, 3.63) is 0 Å². The molecule has 3 nitrogen and oxygen atoms in total. The summed E-state index contributed by atoms with van der Waals surface area (Å²) in [5, 5.41) is 7.35. The molecule has 0 saturated carbocycles. The van der Waals surface area contributed by atoms with Gasteiger partial charge in [0, 0.05) is 0 Å². The zero-order chi connectivity index (χ0) is 4.28. The molecule has 5 heteroatoms. The lowest BCUT2D eigenvalue weighted by Gasteiger charge is -1.87. The maximum atomic E-state index is 7.82. The van der Waals surface area contributed by atoms with Gasteiger partial charge in [-0.15, -0.1) is 0 Å². The minimum Gasteiger partial charge on any atom is -0.340 e. The van der Waals surface area contributed by atoms with Gasteiger partial charge in [0.15, 0.2) is 0 Å². The smallest absolute Gasteiger partial charge is 0.266 e. The Morgan fingerprint density at radius 2 is 2.00 bits per heavy atom. The van der Waals surface area contributed by atoms with Gasteiger partial charge < -0.3 is 4.89 Å². The molecule has 0 aromatic heterocycles. The van der Waals surface area contributed by atoms with Crippen LogP contribution < -0.4 is 0 Å². The fourth-order valence-corrected chi connectivity index (χ4v) is 0. The predicted molar refractivity (Wildman–Crippen MR) is 21.8 cm³/mol. The Hall–Kier alpha value is 0.660. The molecule has 5 heavy (non-hydrogen) atoms. The topological polar surface area (TPSA) is 49.7 Å². The molecule has 0 aliphatic heterocycles. The van der Waals surface area contributed by atoms with Crippen LogP contribution >= 0.6 is 19.8 Å². The van der Waals surface area contributed by atoms with Crippen LogP contribution in [0.25, 0.3) is 0 Å². The second kappa shape index (κ2) is 2.87. The van der Waals surface area contributed by atoms with Gasteiger partial charge in [-0.2, -0.15) is 4.67 Å². The van der Waals surface area contributed by atoms with E-state index >= 15 is 0 Å². The van der Waals surface area contributed by atoms with Gasteiger partial charge in [0.25, 0.3) is 7.58 Å². The zero-order valence-corrected chi connectivity index (χ0v) is 3.99. The Balaban J connectivity index is 2.54. The Morgan fingerprint density at radius 3 is 2.00 bits per heavy atom. The van der Waals surface area contributed by atoms with E-state index < -0.39 is 7.58 Å².